The summed E-state index contributed by atoms with van der Waals surface area (Å²) in [5.74, 6) is 1.83. The number of aromatic nitrogens is 1. The summed E-state index contributed by atoms with van der Waals surface area (Å²) < 4.78 is 5.57. The summed E-state index contributed by atoms with van der Waals surface area (Å²) in [7, 11) is 0. The van der Waals surface area contributed by atoms with Crippen molar-refractivity contribution in [3.8, 4) is 11.1 Å². The maximum Gasteiger partial charge on any atom is 0.175 e. The Morgan fingerprint density at radius 2 is 1.90 bits per heavy atom. The van der Waals surface area contributed by atoms with Crippen molar-refractivity contribution < 1.29 is 4.52 Å². The fourth-order valence-corrected chi connectivity index (χ4v) is 3.26. The van der Waals surface area contributed by atoms with Crippen LogP contribution < -0.4 is 5.73 Å². The van der Waals surface area contributed by atoms with Gasteiger partial charge >= 0.3 is 0 Å². The van der Waals surface area contributed by atoms with Crippen molar-refractivity contribution in [2.45, 2.75) is 44.4 Å². The van der Waals surface area contributed by atoms with E-state index in [2.05, 4.69) is 5.16 Å². The Labute approximate surface area is 124 Å². The molecule has 4 heteroatoms. The van der Waals surface area contributed by atoms with Crippen LogP contribution in [-0.2, 0) is 0 Å². The van der Waals surface area contributed by atoms with E-state index in [0.29, 0.717) is 16.8 Å². The average molecular weight is 291 g/mol. The highest BCUT2D eigenvalue weighted by atomic mass is 35.5. The van der Waals surface area contributed by atoms with Crippen molar-refractivity contribution in [1.82, 2.24) is 5.16 Å². The van der Waals surface area contributed by atoms with Crippen molar-refractivity contribution >= 4 is 17.4 Å². The van der Waals surface area contributed by atoms with Crippen LogP contribution in [0.4, 0.5) is 5.82 Å². The molecule has 1 fully saturated rings. The Morgan fingerprint density at radius 3 is 2.60 bits per heavy atom. The van der Waals surface area contributed by atoms with Gasteiger partial charge in [0.05, 0.1) is 5.56 Å². The number of nitrogens with zero attached hydrogens (tertiary/aromatic N) is 1. The largest absolute Gasteiger partial charge is 0.380 e. The Balaban J connectivity index is 2.00. The third-order valence-electron chi connectivity index (χ3n) is 4.08. The molecule has 106 valence electrons. The van der Waals surface area contributed by atoms with Crippen molar-refractivity contribution in [3.05, 3.63) is 35.0 Å². The number of halogens is 1. The summed E-state index contributed by atoms with van der Waals surface area (Å²) >= 11 is 6.09. The summed E-state index contributed by atoms with van der Waals surface area (Å²) in [6, 6.07) is 7.72. The number of rotatable bonds is 2. The van der Waals surface area contributed by atoms with Crippen LogP contribution in [0.5, 0.6) is 0 Å². The molecule has 0 bridgehead atoms. The molecular weight excluding hydrogens is 272 g/mol. The quantitative estimate of drug-likeness (QED) is 0.791. The number of anilines is 1. The van der Waals surface area contributed by atoms with Gasteiger partial charge in [0.2, 0.25) is 0 Å². The van der Waals surface area contributed by atoms with Crippen LogP contribution in [0, 0.1) is 0 Å². The molecule has 1 aliphatic carbocycles. The van der Waals surface area contributed by atoms with E-state index < -0.39 is 0 Å². The lowest BCUT2D eigenvalue weighted by Crippen LogP contribution is -1.98. The lowest BCUT2D eigenvalue weighted by atomic mass is 9.92. The molecule has 0 radical (unpaired) electrons. The van der Waals surface area contributed by atoms with Crippen molar-refractivity contribution in [3.63, 3.8) is 0 Å². The van der Waals surface area contributed by atoms with Crippen LogP contribution in [-0.4, -0.2) is 5.16 Å². The first-order valence-electron chi connectivity index (χ1n) is 7.26. The van der Waals surface area contributed by atoms with Gasteiger partial charge in [-0.1, -0.05) is 54.6 Å². The van der Waals surface area contributed by atoms with Crippen molar-refractivity contribution in [2.24, 2.45) is 0 Å². The van der Waals surface area contributed by atoms with Gasteiger partial charge in [0, 0.05) is 10.9 Å². The zero-order chi connectivity index (χ0) is 13.9. The normalized spacial score (nSPS) is 17.1. The molecule has 0 atom stereocenters. The Kier molecular flexibility index (Phi) is 3.97. The molecule has 20 heavy (non-hydrogen) atoms. The van der Waals surface area contributed by atoms with Crippen LogP contribution >= 0.6 is 11.6 Å². The molecule has 2 N–H and O–H groups in total. The SMILES string of the molecule is Nc1noc(C2CCCCCC2)c1-c1cccc(Cl)c1. The number of benzene rings is 1. The number of nitrogen functional groups attached to an aromatic ring is 1. The Bertz CT molecular complexity index is 586. The summed E-state index contributed by atoms with van der Waals surface area (Å²) in [5, 5.41) is 4.69. The molecule has 0 aliphatic heterocycles. The fraction of sp³-hybridized carbons (Fsp3) is 0.438. The molecule has 1 aliphatic rings. The lowest BCUT2D eigenvalue weighted by Gasteiger charge is -2.12. The molecule has 1 saturated carbocycles. The summed E-state index contributed by atoms with van der Waals surface area (Å²) in [5.41, 5.74) is 7.95. The zero-order valence-electron chi connectivity index (χ0n) is 11.4. The summed E-state index contributed by atoms with van der Waals surface area (Å²) in [6.45, 7) is 0. The molecule has 0 spiro atoms. The van der Waals surface area contributed by atoms with Crippen LogP contribution in [0.1, 0.15) is 50.2 Å². The van der Waals surface area contributed by atoms with Gasteiger partial charge in [-0.25, -0.2) is 0 Å². The molecule has 1 aromatic heterocycles. The molecule has 0 unspecified atom stereocenters. The maximum absolute atomic E-state index is 6.09. The monoisotopic (exact) mass is 290 g/mol. The Morgan fingerprint density at radius 1 is 1.15 bits per heavy atom. The van der Waals surface area contributed by atoms with E-state index in [1.807, 2.05) is 24.3 Å². The topological polar surface area (TPSA) is 52.0 Å². The first-order chi connectivity index (χ1) is 9.75. The van der Waals surface area contributed by atoms with Gasteiger partial charge in [0.15, 0.2) is 5.82 Å². The second kappa shape index (κ2) is 5.88. The molecule has 2 aromatic rings. The van der Waals surface area contributed by atoms with Crippen molar-refractivity contribution in [2.75, 3.05) is 5.73 Å². The smallest absolute Gasteiger partial charge is 0.175 e. The molecule has 3 rings (SSSR count). The van der Waals surface area contributed by atoms with E-state index in [1.165, 1.54) is 25.7 Å². The van der Waals surface area contributed by atoms with E-state index in [-0.39, 0.29) is 0 Å². The van der Waals surface area contributed by atoms with Gasteiger partial charge in [-0.2, -0.15) is 0 Å². The third-order valence-corrected chi connectivity index (χ3v) is 4.32. The predicted molar refractivity (Wildman–Crippen MR) is 81.8 cm³/mol. The molecule has 0 saturated heterocycles. The van der Waals surface area contributed by atoms with Gasteiger partial charge in [-0.3, -0.25) is 0 Å². The van der Waals surface area contributed by atoms with E-state index in [4.69, 9.17) is 21.9 Å². The first kappa shape index (κ1) is 13.5. The van der Waals surface area contributed by atoms with Gasteiger partial charge in [-0.05, 0) is 30.5 Å². The van der Waals surface area contributed by atoms with Crippen molar-refractivity contribution in [1.29, 1.82) is 0 Å². The third kappa shape index (κ3) is 2.68. The van der Waals surface area contributed by atoms with Crippen LogP contribution in [0.3, 0.4) is 0 Å². The maximum atomic E-state index is 6.09. The van der Waals surface area contributed by atoms with Crippen LogP contribution in [0.15, 0.2) is 28.8 Å². The highest BCUT2D eigenvalue weighted by Gasteiger charge is 2.25. The van der Waals surface area contributed by atoms with Crippen LogP contribution in [0.25, 0.3) is 11.1 Å². The molecule has 1 aromatic carbocycles. The predicted octanol–water partition coefficient (Wildman–Crippen LogP) is 5.02. The van der Waals surface area contributed by atoms with Crippen LogP contribution in [0.2, 0.25) is 5.02 Å². The van der Waals surface area contributed by atoms with Gasteiger partial charge in [0.25, 0.3) is 0 Å². The number of nitrogens with two attached hydrogens (primary N) is 1. The Hall–Kier alpha value is -1.48. The first-order valence-corrected chi connectivity index (χ1v) is 7.64. The summed E-state index contributed by atoms with van der Waals surface area (Å²) in [4.78, 5) is 0. The van der Waals surface area contributed by atoms with E-state index >= 15 is 0 Å². The minimum Gasteiger partial charge on any atom is -0.380 e. The number of hydrogen-bond donors (Lipinski definition) is 1. The molecule has 1 heterocycles. The zero-order valence-corrected chi connectivity index (χ0v) is 12.2. The van der Waals surface area contributed by atoms with Gasteiger partial charge in [0.1, 0.15) is 5.76 Å². The molecule has 3 nitrogen and oxygen atoms in total. The fourth-order valence-electron chi connectivity index (χ4n) is 3.07. The minimum absolute atomic E-state index is 0.427. The van der Waals surface area contributed by atoms with E-state index in [0.717, 1.165) is 29.7 Å². The van der Waals surface area contributed by atoms with Gasteiger partial charge < -0.3 is 10.3 Å². The molecule has 0 amide bonds. The van der Waals surface area contributed by atoms with E-state index in [9.17, 15) is 0 Å². The second-order valence-corrected chi connectivity index (χ2v) is 5.94. The second-order valence-electron chi connectivity index (χ2n) is 5.51. The van der Waals surface area contributed by atoms with E-state index in [1.54, 1.807) is 0 Å². The number of hydrogen-bond acceptors (Lipinski definition) is 3. The standard InChI is InChI=1S/C16H19ClN2O/c17-13-9-5-8-12(10-13)14-15(20-19-16(14)18)11-6-3-1-2-4-7-11/h5,8-11H,1-4,6-7H2,(H2,18,19). The minimum atomic E-state index is 0.427. The highest BCUT2D eigenvalue weighted by molar-refractivity contribution is 6.30. The highest BCUT2D eigenvalue weighted by Crippen LogP contribution is 2.40. The average Bonchev–Trinajstić information content (AvgIpc) is 2.65. The molecular formula is C16H19ClN2O. The lowest BCUT2D eigenvalue weighted by molar-refractivity contribution is 0.350. The van der Waals surface area contributed by atoms with Gasteiger partial charge in [-0.15, -0.1) is 0 Å². The summed E-state index contributed by atoms with van der Waals surface area (Å²) in [6.07, 6.45) is 7.43.